The Balaban J connectivity index is 2.04. The summed E-state index contributed by atoms with van der Waals surface area (Å²) in [4.78, 5) is 3.44. The van der Waals surface area contributed by atoms with Gasteiger partial charge in [-0.3, -0.25) is 4.55 Å². The summed E-state index contributed by atoms with van der Waals surface area (Å²) in [6.07, 6.45) is 0.360. The number of benzene rings is 1. The standard InChI is InChI=1S/C17H21NO4S2/c1-17(2)14-7-9-23-16(14)13-6-5-12(22-3)11-15(13)18(17)8-4-10-24(19,20)21/h5-7,9,11H,4,8,10H2,1-3H3,(H,19,20,21). The lowest BCUT2D eigenvalue weighted by atomic mass is 9.85. The summed E-state index contributed by atoms with van der Waals surface area (Å²) in [7, 11) is -2.32. The maximum absolute atomic E-state index is 11.1. The molecule has 0 radical (unpaired) electrons. The van der Waals surface area contributed by atoms with E-state index in [1.807, 2.05) is 12.1 Å². The van der Waals surface area contributed by atoms with Crippen molar-refractivity contribution in [2.75, 3.05) is 24.3 Å². The number of rotatable bonds is 5. The van der Waals surface area contributed by atoms with Gasteiger partial charge in [0.1, 0.15) is 5.75 Å². The summed E-state index contributed by atoms with van der Waals surface area (Å²) in [6.45, 7) is 4.80. The smallest absolute Gasteiger partial charge is 0.264 e. The zero-order chi connectivity index (χ0) is 17.5. The second-order valence-electron chi connectivity index (χ2n) is 6.40. The molecule has 1 aliphatic rings. The van der Waals surface area contributed by atoms with Crippen LogP contribution in [0.3, 0.4) is 0 Å². The molecule has 0 saturated heterocycles. The predicted octanol–water partition coefficient (Wildman–Crippen LogP) is 3.76. The van der Waals surface area contributed by atoms with E-state index in [4.69, 9.17) is 9.29 Å². The first-order chi connectivity index (χ1) is 11.2. The van der Waals surface area contributed by atoms with Crippen LogP contribution in [-0.4, -0.2) is 32.4 Å². The normalized spacial score (nSPS) is 15.8. The molecule has 0 atom stereocenters. The number of hydrogen-bond donors (Lipinski definition) is 1. The molecule has 24 heavy (non-hydrogen) atoms. The Hall–Kier alpha value is -1.57. The number of methoxy groups -OCH3 is 1. The van der Waals surface area contributed by atoms with E-state index in [9.17, 15) is 8.42 Å². The summed E-state index contributed by atoms with van der Waals surface area (Å²) in [6, 6.07) is 8.11. The number of thiophene rings is 1. The fraction of sp³-hybridized carbons (Fsp3) is 0.412. The molecule has 0 aliphatic carbocycles. The molecule has 3 rings (SSSR count). The van der Waals surface area contributed by atoms with Gasteiger partial charge in [-0.2, -0.15) is 8.42 Å². The minimum Gasteiger partial charge on any atom is -0.497 e. The van der Waals surface area contributed by atoms with Crippen LogP contribution in [0.25, 0.3) is 10.4 Å². The van der Waals surface area contributed by atoms with Gasteiger partial charge in [-0.15, -0.1) is 11.3 Å². The van der Waals surface area contributed by atoms with Gasteiger partial charge in [0.15, 0.2) is 0 Å². The van der Waals surface area contributed by atoms with Crippen molar-refractivity contribution in [1.82, 2.24) is 0 Å². The van der Waals surface area contributed by atoms with Gasteiger partial charge in [-0.25, -0.2) is 0 Å². The van der Waals surface area contributed by atoms with Gasteiger partial charge in [0.25, 0.3) is 10.1 Å². The quantitative estimate of drug-likeness (QED) is 0.815. The van der Waals surface area contributed by atoms with E-state index in [0.29, 0.717) is 13.0 Å². The first-order valence-electron chi connectivity index (χ1n) is 7.73. The van der Waals surface area contributed by atoms with Crippen molar-refractivity contribution in [3.63, 3.8) is 0 Å². The molecule has 0 fully saturated rings. The highest BCUT2D eigenvalue weighted by molar-refractivity contribution is 7.85. The number of fused-ring (bicyclic) bond motifs is 3. The Bertz CT molecular complexity index is 855. The molecule has 7 heteroatoms. The SMILES string of the molecule is COc1ccc2c(c1)N(CCCS(=O)(=O)O)C(C)(C)c1ccsc1-2. The van der Waals surface area contributed by atoms with Crippen LogP contribution in [-0.2, 0) is 15.7 Å². The van der Waals surface area contributed by atoms with Crippen LogP contribution >= 0.6 is 11.3 Å². The van der Waals surface area contributed by atoms with Crippen molar-refractivity contribution in [3.05, 3.63) is 35.2 Å². The predicted molar refractivity (Wildman–Crippen MR) is 97.7 cm³/mol. The van der Waals surface area contributed by atoms with E-state index >= 15 is 0 Å². The van der Waals surface area contributed by atoms with Gasteiger partial charge in [0.2, 0.25) is 0 Å². The monoisotopic (exact) mass is 367 g/mol. The summed E-state index contributed by atoms with van der Waals surface area (Å²) >= 11 is 1.71. The molecule has 5 nitrogen and oxygen atoms in total. The number of nitrogens with zero attached hydrogens (tertiary/aromatic N) is 1. The number of ether oxygens (including phenoxy) is 1. The Labute approximate surface area is 146 Å². The topological polar surface area (TPSA) is 66.8 Å². The fourth-order valence-corrected chi connectivity index (χ4v) is 4.88. The van der Waals surface area contributed by atoms with Gasteiger partial charge in [0.05, 0.1) is 18.4 Å². The third-order valence-electron chi connectivity index (χ3n) is 4.52. The first-order valence-corrected chi connectivity index (χ1v) is 10.2. The second kappa shape index (κ2) is 6.06. The average Bonchev–Trinajstić information content (AvgIpc) is 2.99. The molecule has 130 valence electrons. The second-order valence-corrected chi connectivity index (χ2v) is 8.88. The molecular weight excluding hydrogens is 346 g/mol. The Morgan fingerprint density at radius 2 is 2.04 bits per heavy atom. The summed E-state index contributed by atoms with van der Waals surface area (Å²) in [5, 5.41) is 2.09. The highest BCUT2D eigenvalue weighted by Gasteiger charge is 2.38. The van der Waals surface area contributed by atoms with Crippen LogP contribution in [0.1, 0.15) is 25.8 Å². The molecule has 1 aliphatic heterocycles. The molecule has 1 aromatic heterocycles. The van der Waals surface area contributed by atoms with Crippen molar-refractivity contribution in [2.45, 2.75) is 25.8 Å². The maximum atomic E-state index is 11.1. The maximum Gasteiger partial charge on any atom is 0.264 e. The van der Waals surface area contributed by atoms with Crippen LogP contribution in [0.4, 0.5) is 5.69 Å². The lowest BCUT2D eigenvalue weighted by molar-refractivity contribution is 0.413. The Kier molecular flexibility index (Phi) is 4.36. The van der Waals surface area contributed by atoms with Gasteiger partial charge < -0.3 is 9.64 Å². The van der Waals surface area contributed by atoms with Crippen molar-refractivity contribution in [3.8, 4) is 16.2 Å². The third kappa shape index (κ3) is 3.03. The zero-order valence-electron chi connectivity index (χ0n) is 13.9. The van der Waals surface area contributed by atoms with Gasteiger partial charge in [-0.1, -0.05) is 0 Å². The van der Waals surface area contributed by atoms with Gasteiger partial charge in [-0.05, 0) is 49.4 Å². The highest BCUT2D eigenvalue weighted by atomic mass is 32.2. The number of anilines is 1. The fourth-order valence-electron chi connectivity index (χ4n) is 3.30. The van der Waals surface area contributed by atoms with E-state index in [-0.39, 0.29) is 11.3 Å². The molecule has 0 spiro atoms. The minimum atomic E-state index is -3.95. The molecule has 1 aromatic carbocycles. The average molecular weight is 367 g/mol. The van der Waals surface area contributed by atoms with E-state index in [0.717, 1.165) is 17.0 Å². The molecule has 0 bridgehead atoms. The van der Waals surface area contributed by atoms with Gasteiger partial charge >= 0.3 is 0 Å². The zero-order valence-corrected chi connectivity index (χ0v) is 15.6. The minimum absolute atomic E-state index is 0.241. The third-order valence-corrected chi connectivity index (χ3v) is 6.28. The van der Waals surface area contributed by atoms with Crippen LogP contribution in [0, 0.1) is 0 Å². The Morgan fingerprint density at radius 3 is 2.71 bits per heavy atom. The van der Waals surface area contributed by atoms with Crippen molar-refractivity contribution < 1.29 is 17.7 Å². The lowest BCUT2D eigenvalue weighted by Crippen LogP contribution is -2.45. The summed E-state index contributed by atoms with van der Waals surface area (Å²) in [5.74, 6) is 0.527. The largest absolute Gasteiger partial charge is 0.497 e. The molecule has 0 saturated carbocycles. The van der Waals surface area contributed by atoms with Crippen LogP contribution in [0.2, 0.25) is 0 Å². The summed E-state index contributed by atoms with van der Waals surface area (Å²) < 4.78 is 36.5. The molecular formula is C17H21NO4S2. The van der Waals surface area contributed by atoms with Crippen LogP contribution in [0.15, 0.2) is 29.6 Å². The first kappa shape index (κ1) is 17.3. The lowest BCUT2D eigenvalue weighted by Gasteiger charge is -2.45. The van der Waals surface area contributed by atoms with E-state index < -0.39 is 10.1 Å². The van der Waals surface area contributed by atoms with Crippen molar-refractivity contribution in [2.24, 2.45) is 0 Å². The molecule has 0 amide bonds. The van der Waals surface area contributed by atoms with E-state index in [1.165, 1.54) is 10.4 Å². The Morgan fingerprint density at radius 1 is 1.29 bits per heavy atom. The molecule has 2 aromatic rings. The van der Waals surface area contributed by atoms with Crippen molar-refractivity contribution >= 4 is 27.1 Å². The molecule has 2 heterocycles. The van der Waals surface area contributed by atoms with Crippen LogP contribution in [0.5, 0.6) is 5.75 Å². The van der Waals surface area contributed by atoms with Gasteiger partial charge in [0, 0.05) is 28.7 Å². The molecule has 0 unspecified atom stereocenters. The van der Waals surface area contributed by atoms with E-state index in [1.54, 1.807) is 18.4 Å². The van der Waals surface area contributed by atoms with Crippen LogP contribution < -0.4 is 9.64 Å². The number of hydrogen-bond acceptors (Lipinski definition) is 5. The highest BCUT2D eigenvalue weighted by Crippen LogP contribution is 2.50. The summed E-state index contributed by atoms with van der Waals surface area (Å²) in [5.41, 5.74) is 3.13. The van der Waals surface area contributed by atoms with E-state index in [2.05, 4.69) is 36.3 Å². The molecule has 1 N–H and O–H groups in total. The van der Waals surface area contributed by atoms with Crippen molar-refractivity contribution in [1.29, 1.82) is 0 Å².